The molecule has 0 saturated heterocycles. The van der Waals surface area contributed by atoms with Crippen molar-refractivity contribution >= 4 is 17.4 Å². The molecule has 134 valence electrons. The summed E-state index contributed by atoms with van der Waals surface area (Å²) < 4.78 is 5.91. The second-order valence-electron chi connectivity index (χ2n) is 6.95. The molecule has 1 aliphatic carbocycles. The molecule has 0 heterocycles. The summed E-state index contributed by atoms with van der Waals surface area (Å²) in [6.07, 6.45) is 5.31. The topological polar surface area (TPSA) is 53.6 Å². The molecule has 1 aliphatic rings. The van der Waals surface area contributed by atoms with Crippen molar-refractivity contribution in [3.63, 3.8) is 0 Å². The number of benzene rings is 1. The number of carbonyl (C=O) groups is 1. The van der Waals surface area contributed by atoms with Gasteiger partial charge in [-0.1, -0.05) is 19.8 Å². The number of hydrogen-bond donors (Lipinski definition) is 2. The van der Waals surface area contributed by atoms with Crippen LogP contribution in [0, 0.1) is 12.8 Å². The Kier molecular flexibility index (Phi) is 6.91. The molecule has 1 saturated carbocycles. The molecule has 0 aromatic heterocycles. The third-order valence-electron chi connectivity index (χ3n) is 4.73. The Morgan fingerprint density at radius 1 is 1.29 bits per heavy atom. The minimum absolute atomic E-state index is 0.184. The van der Waals surface area contributed by atoms with Crippen LogP contribution in [0.2, 0.25) is 0 Å². The molecule has 1 aromatic carbocycles. The molecule has 0 aliphatic heterocycles. The van der Waals surface area contributed by atoms with E-state index in [9.17, 15) is 4.79 Å². The van der Waals surface area contributed by atoms with E-state index < -0.39 is 0 Å². The first-order valence-corrected chi connectivity index (χ1v) is 8.92. The Labute approximate surface area is 145 Å². The lowest BCUT2D eigenvalue weighted by atomic mass is 9.88. The molecule has 24 heavy (non-hydrogen) atoms. The van der Waals surface area contributed by atoms with Crippen LogP contribution in [0.5, 0.6) is 0 Å². The van der Waals surface area contributed by atoms with Crippen LogP contribution in [0.3, 0.4) is 0 Å². The van der Waals surface area contributed by atoms with Crippen molar-refractivity contribution in [1.82, 2.24) is 5.32 Å². The summed E-state index contributed by atoms with van der Waals surface area (Å²) in [4.78, 5) is 14.1. The van der Waals surface area contributed by atoms with E-state index in [4.69, 9.17) is 4.74 Å². The summed E-state index contributed by atoms with van der Waals surface area (Å²) in [6, 6.07) is 5.81. The number of hydrogen-bond acceptors (Lipinski definition) is 3. The van der Waals surface area contributed by atoms with E-state index in [1.165, 1.54) is 19.3 Å². The van der Waals surface area contributed by atoms with Crippen molar-refractivity contribution in [2.24, 2.45) is 5.92 Å². The number of anilines is 2. The molecule has 2 amide bonds. The van der Waals surface area contributed by atoms with E-state index in [1.54, 1.807) is 0 Å². The molecule has 2 rings (SSSR count). The SMILES string of the molecule is Cc1cc(N(C)C)ccc1NC(=O)NCCO[C@H]1CCCC[C@H]1C. The van der Waals surface area contributed by atoms with Crippen molar-refractivity contribution in [2.75, 3.05) is 37.5 Å². The van der Waals surface area contributed by atoms with Crippen LogP contribution >= 0.6 is 0 Å². The van der Waals surface area contributed by atoms with Gasteiger partial charge in [-0.15, -0.1) is 0 Å². The summed E-state index contributed by atoms with van der Waals surface area (Å²) in [6.45, 7) is 5.35. The number of aryl methyl sites for hydroxylation is 1. The van der Waals surface area contributed by atoms with Crippen molar-refractivity contribution in [3.8, 4) is 0 Å². The van der Waals surface area contributed by atoms with Gasteiger partial charge in [0.1, 0.15) is 0 Å². The number of carbonyl (C=O) groups excluding carboxylic acids is 1. The monoisotopic (exact) mass is 333 g/mol. The van der Waals surface area contributed by atoms with Gasteiger partial charge in [0.15, 0.2) is 0 Å². The highest BCUT2D eigenvalue weighted by atomic mass is 16.5. The third-order valence-corrected chi connectivity index (χ3v) is 4.73. The lowest BCUT2D eigenvalue weighted by Gasteiger charge is -2.28. The first kappa shape index (κ1) is 18.6. The molecule has 0 unspecified atom stereocenters. The number of rotatable bonds is 6. The Morgan fingerprint density at radius 2 is 2.04 bits per heavy atom. The zero-order valence-electron chi connectivity index (χ0n) is 15.4. The fourth-order valence-electron chi connectivity index (χ4n) is 3.14. The third kappa shape index (κ3) is 5.41. The zero-order chi connectivity index (χ0) is 17.5. The van der Waals surface area contributed by atoms with Crippen molar-refractivity contribution in [3.05, 3.63) is 23.8 Å². The lowest BCUT2D eigenvalue weighted by molar-refractivity contribution is -0.00232. The van der Waals surface area contributed by atoms with Crippen LogP contribution in [0.1, 0.15) is 38.2 Å². The lowest BCUT2D eigenvalue weighted by Crippen LogP contribution is -2.34. The maximum Gasteiger partial charge on any atom is 0.319 e. The summed E-state index contributed by atoms with van der Waals surface area (Å²) >= 11 is 0. The Morgan fingerprint density at radius 3 is 2.71 bits per heavy atom. The number of nitrogens with zero attached hydrogens (tertiary/aromatic N) is 1. The molecule has 2 N–H and O–H groups in total. The Balaban J connectivity index is 1.71. The standard InChI is InChI=1S/C19H31N3O2/c1-14-7-5-6-8-18(14)24-12-11-20-19(23)21-17-10-9-16(22(3)4)13-15(17)2/h9-10,13-14,18H,5-8,11-12H2,1-4H3,(H2,20,21,23)/t14-,18+/m1/s1. The van der Waals surface area contributed by atoms with Gasteiger partial charge in [0.2, 0.25) is 0 Å². The van der Waals surface area contributed by atoms with Gasteiger partial charge in [0.05, 0.1) is 12.7 Å². The Bertz CT molecular complexity index is 545. The fourth-order valence-corrected chi connectivity index (χ4v) is 3.14. The van der Waals surface area contributed by atoms with Gasteiger partial charge in [0.25, 0.3) is 0 Å². The fraction of sp³-hybridized carbons (Fsp3) is 0.632. The van der Waals surface area contributed by atoms with E-state index in [0.717, 1.165) is 23.4 Å². The highest BCUT2D eigenvalue weighted by Gasteiger charge is 2.21. The predicted molar refractivity (Wildman–Crippen MR) is 99.9 cm³/mol. The van der Waals surface area contributed by atoms with Gasteiger partial charge in [-0.05, 0) is 49.4 Å². The molecule has 5 nitrogen and oxygen atoms in total. The van der Waals surface area contributed by atoms with Crippen LogP contribution in [0.15, 0.2) is 18.2 Å². The second-order valence-corrected chi connectivity index (χ2v) is 6.95. The highest BCUT2D eigenvalue weighted by Crippen LogP contribution is 2.26. The van der Waals surface area contributed by atoms with E-state index in [1.807, 2.05) is 38.1 Å². The average molecular weight is 333 g/mol. The zero-order valence-corrected chi connectivity index (χ0v) is 15.4. The van der Waals surface area contributed by atoms with Gasteiger partial charge >= 0.3 is 6.03 Å². The normalized spacial score (nSPS) is 20.5. The van der Waals surface area contributed by atoms with Gasteiger partial charge in [-0.3, -0.25) is 0 Å². The maximum absolute atomic E-state index is 12.0. The maximum atomic E-state index is 12.0. The van der Waals surface area contributed by atoms with Crippen molar-refractivity contribution in [1.29, 1.82) is 0 Å². The molecule has 1 fully saturated rings. The Hall–Kier alpha value is -1.75. The summed E-state index contributed by atoms with van der Waals surface area (Å²) in [5.41, 5.74) is 3.00. The highest BCUT2D eigenvalue weighted by molar-refractivity contribution is 5.90. The largest absolute Gasteiger partial charge is 0.378 e. The van der Waals surface area contributed by atoms with E-state index in [2.05, 4.69) is 23.6 Å². The number of ether oxygens (including phenoxy) is 1. The molecule has 1 aromatic rings. The first-order valence-electron chi connectivity index (χ1n) is 8.92. The van der Waals surface area contributed by atoms with Gasteiger partial charge in [-0.25, -0.2) is 4.79 Å². The summed E-state index contributed by atoms with van der Waals surface area (Å²) in [7, 11) is 4.00. The smallest absolute Gasteiger partial charge is 0.319 e. The number of amides is 2. The van der Waals surface area contributed by atoms with E-state index >= 15 is 0 Å². The minimum Gasteiger partial charge on any atom is -0.378 e. The minimum atomic E-state index is -0.184. The predicted octanol–water partition coefficient (Wildman–Crippen LogP) is 3.78. The van der Waals surface area contributed by atoms with Crippen LogP contribution in [-0.2, 0) is 4.74 Å². The van der Waals surface area contributed by atoms with Crippen LogP contribution in [0.4, 0.5) is 16.2 Å². The summed E-state index contributed by atoms with van der Waals surface area (Å²) in [5, 5.41) is 5.76. The van der Waals surface area contributed by atoms with Crippen LogP contribution < -0.4 is 15.5 Å². The molecular weight excluding hydrogens is 302 g/mol. The quantitative estimate of drug-likeness (QED) is 0.779. The average Bonchev–Trinajstić information content (AvgIpc) is 2.55. The van der Waals surface area contributed by atoms with E-state index in [-0.39, 0.29) is 6.03 Å². The number of urea groups is 1. The molecule has 0 bridgehead atoms. The van der Waals surface area contributed by atoms with Gasteiger partial charge in [0, 0.05) is 32.0 Å². The molecule has 5 heteroatoms. The van der Waals surface area contributed by atoms with Gasteiger partial charge in [-0.2, -0.15) is 0 Å². The van der Waals surface area contributed by atoms with Crippen LogP contribution in [0.25, 0.3) is 0 Å². The van der Waals surface area contributed by atoms with E-state index in [0.29, 0.717) is 25.2 Å². The molecule has 2 atom stereocenters. The number of nitrogens with one attached hydrogen (secondary N) is 2. The van der Waals surface area contributed by atoms with Crippen molar-refractivity contribution in [2.45, 2.75) is 45.6 Å². The second kappa shape index (κ2) is 8.92. The molecule has 0 spiro atoms. The van der Waals surface area contributed by atoms with Crippen LogP contribution in [-0.4, -0.2) is 39.4 Å². The summed E-state index contributed by atoms with van der Waals surface area (Å²) in [5.74, 6) is 0.630. The van der Waals surface area contributed by atoms with Crippen molar-refractivity contribution < 1.29 is 9.53 Å². The van der Waals surface area contributed by atoms with Gasteiger partial charge < -0.3 is 20.3 Å². The molecule has 0 radical (unpaired) electrons. The first-order chi connectivity index (χ1) is 11.5. The molecular formula is C19H31N3O2.